The average molecular weight is 286 g/mol. The van der Waals surface area contributed by atoms with Crippen molar-refractivity contribution in [1.29, 1.82) is 0 Å². The Labute approximate surface area is 117 Å². The maximum absolute atomic E-state index is 11.8. The van der Waals surface area contributed by atoms with E-state index in [1.165, 1.54) is 0 Å². The summed E-state index contributed by atoms with van der Waals surface area (Å²) in [6.07, 6.45) is 1.49. The number of carboxylic acid groups (broad SMARTS) is 2. The van der Waals surface area contributed by atoms with Gasteiger partial charge in [0.15, 0.2) is 0 Å². The molecule has 0 bridgehead atoms. The van der Waals surface area contributed by atoms with Gasteiger partial charge < -0.3 is 20.8 Å². The van der Waals surface area contributed by atoms with Crippen LogP contribution in [0, 0.1) is 11.8 Å². The van der Waals surface area contributed by atoms with E-state index in [1.807, 2.05) is 0 Å². The third-order valence-electron chi connectivity index (χ3n) is 4.03. The highest BCUT2D eigenvalue weighted by Gasteiger charge is 2.31. The van der Waals surface area contributed by atoms with E-state index in [0.717, 1.165) is 12.8 Å². The molecule has 0 aromatic carbocycles. The monoisotopic (exact) mass is 286 g/mol. The lowest BCUT2D eigenvalue weighted by atomic mass is 9.98. The Hall–Kier alpha value is -1.79. The van der Waals surface area contributed by atoms with Crippen LogP contribution in [0.5, 0.6) is 0 Å². The topological polar surface area (TPSA) is 116 Å². The number of rotatable bonds is 6. The first-order valence-corrected chi connectivity index (χ1v) is 6.83. The lowest BCUT2D eigenvalue weighted by molar-refractivity contribution is -0.140. The van der Waals surface area contributed by atoms with Crippen molar-refractivity contribution < 1.29 is 24.6 Å². The molecule has 2 amide bonds. The highest BCUT2D eigenvalue weighted by atomic mass is 16.4. The summed E-state index contributed by atoms with van der Waals surface area (Å²) in [6, 6.07) is -1.69. The van der Waals surface area contributed by atoms with Crippen LogP contribution in [0.3, 0.4) is 0 Å². The molecule has 1 rings (SSSR count). The lowest BCUT2D eigenvalue weighted by Gasteiger charge is -2.21. The smallest absolute Gasteiger partial charge is 0.326 e. The second-order valence-electron chi connectivity index (χ2n) is 5.46. The normalized spacial score (nSPS) is 26.8. The minimum Gasteiger partial charge on any atom is -0.481 e. The first-order chi connectivity index (χ1) is 9.31. The molecular formula is C13H22N2O5. The van der Waals surface area contributed by atoms with Gasteiger partial charge in [0.05, 0.1) is 0 Å². The molecule has 0 spiro atoms. The zero-order chi connectivity index (χ0) is 15.3. The summed E-state index contributed by atoms with van der Waals surface area (Å²) in [5, 5.41) is 22.6. The quantitative estimate of drug-likeness (QED) is 0.582. The molecular weight excluding hydrogens is 264 g/mol. The molecule has 1 saturated carbocycles. The van der Waals surface area contributed by atoms with E-state index < -0.39 is 24.0 Å². The fourth-order valence-corrected chi connectivity index (χ4v) is 2.46. The van der Waals surface area contributed by atoms with Crippen LogP contribution in [0.2, 0.25) is 0 Å². The molecule has 0 radical (unpaired) electrons. The predicted octanol–water partition coefficient (Wildman–Crippen LogP) is 1.04. The lowest BCUT2D eigenvalue weighted by Crippen LogP contribution is -2.49. The fraction of sp³-hybridized carbons (Fsp3) is 0.769. The van der Waals surface area contributed by atoms with Crippen molar-refractivity contribution in [3.63, 3.8) is 0 Å². The number of hydrogen-bond acceptors (Lipinski definition) is 3. The van der Waals surface area contributed by atoms with E-state index in [2.05, 4.69) is 24.5 Å². The number of urea groups is 1. The van der Waals surface area contributed by atoms with Crippen LogP contribution in [0.25, 0.3) is 0 Å². The summed E-state index contributed by atoms with van der Waals surface area (Å²) in [5.74, 6) is -1.43. The SMILES string of the molecule is CC1CCC(NC(=O)N[C@@H](CCC(=O)O)C(=O)O)C1C. The van der Waals surface area contributed by atoms with Crippen LogP contribution in [-0.4, -0.2) is 40.3 Å². The molecule has 7 nitrogen and oxygen atoms in total. The number of carboxylic acids is 2. The number of carbonyl (C=O) groups excluding carboxylic acids is 1. The first-order valence-electron chi connectivity index (χ1n) is 6.83. The number of nitrogens with one attached hydrogen (secondary N) is 2. The molecule has 0 aliphatic heterocycles. The average Bonchev–Trinajstić information content (AvgIpc) is 2.65. The van der Waals surface area contributed by atoms with Crippen LogP contribution in [0.1, 0.15) is 39.5 Å². The molecule has 1 aliphatic carbocycles. The maximum Gasteiger partial charge on any atom is 0.326 e. The number of amides is 2. The van der Waals surface area contributed by atoms with Crippen LogP contribution in [0.4, 0.5) is 4.79 Å². The molecule has 1 aliphatic rings. The van der Waals surface area contributed by atoms with E-state index in [4.69, 9.17) is 10.2 Å². The van der Waals surface area contributed by atoms with Crippen LogP contribution < -0.4 is 10.6 Å². The van der Waals surface area contributed by atoms with Gasteiger partial charge in [-0.15, -0.1) is 0 Å². The van der Waals surface area contributed by atoms with Gasteiger partial charge in [0.1, 0.15) is 6.04 Å². The zero-order valence-corrected chi connectivity index (χ0v) is 11.8. The van der Waals surface area contributed by atoms with Gasteiger partial charge in [-0.2, -0.15) is 0 Å². The highest BCUT2D eigenvalue weighted by molar-refractivity contribution is 5.83. The largest absolute Gasteiger partial charge is 0.481 e. The third kappa shape index (κ3) is 4.71. The van der Waals surface area contributed by atoms with Gasteiger partial charge in [-0.1, -0.05) is 13.8 Å². The zero-order valence-electron chi connectivity index (χ0n) is 11.8. The van der Waals surface area contributed by atoms with Gasteiger partial charge in [-0.25, -0.2) is 9.59 Å². The van der Waals surface area contributed by atoms with Crippen molar-refractivity contribution in [2.24, 2.45) is 11.8 Å². The maximum atomic E-state index is 11.8. The molecule has 0 aromatic rings. The van der Waals surface area contributed by atoms with Gasteiger partial charge >= 0.3 is 18.0 Å². The highest BCUT2D eigenvalue weighted by Crippen LogP contribution is 2.30. The summed E-state index contributed by atoms with van der Waals surface area (Å²) in [6.45, 7) is 4.18. The first kappa shape index (κ1) is 16.3. The van der Waals surface area contributed by atoms with Crippen molar-refractivity contribution in [1.82, 2.24) is 10.6 Å². The van der Waals surface area contributed by atoms with E-state index in [0.29, 0.717) is 11.8 Å². The van der Waals surface area contributed by atoms with E-state index >= 15 is 0 Å². The van der Waals surface area contributed by atoms with Crippen molar-refractivity contribution >= 4 is 18.0 Å². The van der Waals surface area contributed by atoms with E-state index in [9.17, 15) is 14.4 Å². The Bertz CT molecular complexity index is 385. The summed E-state index contributed by atoms with van der Waals surface area (Å²) in [4.78, 5) is 33.2. The standard InChI is InChI=1S/C13H22N2O5/c1-7-3-4-9(8(7)2)14-13(20)15-10(12(18)19)5-6-11(16)17/h7-10H,3-6H2,1-2H3,(H,16,17)(H,18,19)(H2,14,15,20)/t7?,8?,9?,10-/m0/s1. The Morgan fingerprint density at radius 3 is 2.30 bits per heavy atom. The number of carbonyl (C=O) groups is 3. The second-order valence-corrected chi connectivity index (χ2v) is 5.46. The van der Waals surface area contributed by atoms with Gasteiger partial charge in [-0.3, -0.25) is 4.79 Å². The van der Waals surface area contributed by atoms with Gasteiger partial charge in [-0.05, 0) is 31.1 Å². The fourth-order valence-electron chi connectivity index (χ4n) is 2.46. The second kappa shape index (κ2) is 7.12. The van der Waals surface area contributed by atoms with Crippen molar-refractivity contribution in [3.05, 3.63) is 0 Å². The predicted molar refractivity (Wildman–Crippen MR) is 71.3 cm³/mol. The number of aliphatic carboxylic acids is 2. The van der Waals surface area contributed by atoms with Crippen LogP contribution in [-0.2, 0) is 9.59 Å². The number of hydrogen-bond donors (Lipinski definition) is 4. The van der Waals surface area contributed by atoms with Crippen molar-refractivity contribution in [3.8, 4) is 0 Å². The Morgan fingerprint density at radius 2 is 1.85 bits per heavy atom. The third-order valence-corrected chi connectivity index (χ3v) is 4.03. The minimum atomic E-state index is -1.23. The van der Waals surface area contributed by atoms with Gasteiger partial charge in [0.25, 0.3) is 0 Å². The molecule has 114 valence electrons. The van der Waals surface area contributed by atoms with Gasteiger partial charge in [0.2, 0.25) is 0 Å². The Balaban J connectivity index is 2.45. The molecule has 1 fully saturated rings. The summed E-state index contributed by atoms with van der Waals surface area (Å²) < 4.78 is 0. The van der Waals surface area contributed by atoms with Crippen LogP contribution in [0.15, 0.2) is 0 Å². The summed E-state index contributed by atoms with van der Waals surface area (Å²) >= 11 is 0. The summed E-state index contributed by atoms with van der Waals surface area (Å²) in [5.41, 5.74) is 0. The van der Waals surface area contributed by atoms with E-state index in [1.54, 1.807) is 0 Å². The molecule has 0 heterocycles. The van der Waals surface area contributed by atoms with Crippen molar-refractivity contribution in [2.45, 2.75) is 51.6 Å². The van der Waals surface area contributed by atoms with Crippen molar-refractivity contribution in [2.75, 3.05) is 0 Å². The van der Waals surface area contributed by atoms with E-state index in [-0.39, 0.29) is 18.9 Å². The molecule has 20 heavy (non-hydrogen) atoms. The minimum absolute atomic E-state index is 0.0407. The molecule has 3 unspecified atom stereocenters. The van der Waals surface area contributed by atoms with Gasteiger partial charge in [0, 0.05) is 12.5 Å². The molecule has 4 N–H and O–H groups in total. The van der Waals surface area contributed by atoms with Crippen LogP contribution >= 0.6 is 0 Å². The summed E-state index contributed by atoms with van der Waals surface area (Å²) in [7, 11) is 0. The molecule has 4 atom stereocenters. The Morgan fingerprint density at radius 1 is 1.20 bits per heavy atom. The molecule has 0 aromatic heterocycles. The molecule has 0 saturated heterocycles. The Kier molecular flexibility index (Phi) is 5.79. The molecule has 7 heteroatoms.